The highest BCUT2D eigenvalue weighted by Gasteiger charge is 2.28. The van der Waals surface area contributed by atoms with E-state index in [2.05, 4.69) is 15.9 Å². The molecule has 1 fully saturated rings. The van der Waals surface area contributed by atoms with E-state index in [1.54, 1.807) is 0 Å². The molecule has 1 heterocycles. The van der Waals surface area contributed by atoms with Crippen molar-refractivity contribution in [3.05, 3.63) is 71.8 Å². The van der Waals surface area contributed by atoms with Crippen molar-refractivity contribution in [1.82, 2.24) is 0 Å². The van der Waals surface area contributed by atoms with Crippen LogP contribution in [0.1, 0.15) is 24.5 Å². The fraction of sp³-hybridized carbons (Fsp3) is 0.318. The van der Waals surface area contributed by atoms with Crippen molar-refractivity contribution in [3.8, 4) is 0 Å². The zero-order chi connectivity index (χ0) is 21.3. The van der Waals surface area contributed by atoms with Crippen LogP contribution in [0.2, 0.25) is 0 Å². The van der Waals surface area contributed by atoms with Gasteiger partial charge in [0.2, 0.25) is 0 Å². The first-order valence-electron chi connectivity index (χ1n) is 9.03. The number of benzene rings is 2. The van der Waals surface area contributed by atoms with E-state index < -0.39 is 0 Å². The Morgan fingerprint density at radius 2 is 1.48 bits per heavy atom. The first-order chi connectivity index (χ1) is 14.0. The van der Waals surface area contributed by atoms with Crippen LogP contribution in [0, 0.1) is 0 Å². The Bertz CT molecular complexity index is 709. The van der Waals surface area contributed by atoms with E-state index >= 15 is 0 Å². The SMILES string of the molecule is CC(=O)Br.O=C1CC(COCc2ccccc2)O1.O=CCOCc1ccccc1. The molecule has 29 heavy (non-hydrogen) atoms. The minimum Gasteiger partial charge on any atom is -0.459 e. The topological polar surface area (TPSA) is 78.9 Å². The molecule has 0 aromatic heterocycles. The Morgan fingerprint density at radius 1 is 1.03 bits per heavy atom. The fourth-order valence-corrected chi connectivity index (χ4v) is 2.14. The zero-order valence-corrected chi connectivity index (χ0v) is 17.9. The Labute approximate surface area is 179 Å². The Kier molecular flexibility index (Phi) is 13.2. The third-order valence-electron chi connectivity index (χ3n) is 3.41. The van der Waals surface area contributed by atoms with Crippen LogP contribution in [0.15, 0.2) is 60.7 Å². The molecule has 1 aliphatic heterocycles. The van der Waals surface area contributed by atoms with Crippen molar-refractivity contribution in [2.75, 3.05) is 13.2 Å². The summed E-state index contributed by atoms with van der Waals surface area (Å²) in [5, 5.41) is 0. The molecule has 1 saturated heterocycles. The lowest BCUT2D eigenvalue weighted by Crippen LogP contribution is -2.36. The monoisotopic (exact) mass is 464 g/mol. The number of carbonyl (C=O) groups excluding carboxylic acids is 3. The first kappa shape index (κ1) is 24.7. The van der Waals surface area contributed by atoms with Gasteiger partial charge < -0.3 is 19.0 Å². The Morgan fingerprint density at radius 3 is 1.90 bits per heavy atom. The second kappa shape index (κ2) is 15.6. The van der Waals surface area contributed by atoms with E-state index in [1.165, 1.54) is 6.92 Å². The zero-order valence-electron chi connectivity index (χ0n) is 16.3. The van der Waals surface area contributed by atoms with Gasteiger partial charge in [0.05, 0.1) is 26.2 Å². The van der Waals surface area contributed by atoms with Crippen LogP contribution < -0.4 is 0 Å². The summed E-state index contributed by atoms with van der Waals surface area (Å²) in [5.41, 5.74) is 2.23. The highest BCUT2D eigenvalue weighted by atomic mass is 79.9. The Hall–Kier alpha value is -2.35. The average Bonchev–Trinajstić information content (AvgIpc) is 2.69. The highest BCUT2D eigenvalue weighted by Crippen LogP contribution is 2.13. The third-order valence-corrected chi connectivity index (χ3v) is 3.41. The van der Waals surface area contributed by atoms with E-state index in [1.807, 2.05) is 60.7 Å². The summed E-state index contributed by atoms with van der Waals surface area (Å²) in [6.45, 7) is 3.21. The van der Waals surface area contributed by atoms with Gasteiger partial charge in [-0.3, -0.25) is 9.59 Å². The van der Waals surface area contributed by atoms with Gasteiger partial charge in [0.15, 0.2) is 4.69 Å². The molecule has 2 aromatic carbocycles. The molecular weight excluding hydrogens is 440 g/mol. The predicted octanol–water partition coefficient (Wildman–Crippen LogP) is 3.85. The van der Waals surface area contributed by atoms with Crippen molar-refractivity contribution in [3.63, 3.8) is 0 Å². The van der Waals surface area contributed by atoms with Crippen molar-refractivity contribution in [2.45, 2.75) is 32.7 Å². The molecule has 2 aromatic rings. The molecule has 156 valence electrons. The second-order valence-corrected chi connectivity index (χ2v) is 7.07. The minimum absolute atomic E-state index is 0.0208. The van der Waals surface area contributed by atoms with Crippen LogP contribution in [0.4, 0.5) is 0 Å². The molecule has 0 amide bonds. The number of carbonyl (C=O) groups is 3. The average molecular weight is 465 g/mol. The molecule has 3 rings (SSSR count). The summed E-state index contributed by atoms with van der Waals surface area (Å²) >= 11 is 2.63. The number of hydrogen-bond acceptors (Lipinski definition) is 6. The minimum atomic E-state index is -0.127. The smallest absolute Gasteiger partial charge is 0.310 e. The van der Waals surface area contributed by atoms with Gasteiger partial charge in [-0.1, -0.05) is 60.7 Å². The number of hydrogen-bond donors (Lipinski definition) is 0. The number of cyclic esters (lactones) is 1. The molecule has 1 aliphatic rings. The van der Waals surface area contributed by atoms with Crippen molar-refractivity contribution in [1.29, 1.82) is 0 Å². The maximum Gasteiger partial charge on any atom is 0.310 e. The highest BCUT2D eigenvalue weighted by molar-refractivity contribution is 9.18. The number of halogens is 1. The lowest BCUT2D eigenvalue weighted by molar-refractivity contribution is -0.175. The van der Waals surface area contributed by atoms with Crippen molar-refractivity contribution < 1.29 is 28.6 Å². The summed E-state index contributed by atoms with van der Waals surface area (Å²) < 4.78 is 15.2. The largest absolute Gasteiger partial charge is 0.459 e. The molecule has 0 N–H and O–H groups in total. The lowest BCUT2D eigenvalue weighted by Gasteiger charge is -2.24. The number of ether oxygens (including phenoxy) is 3. The lowest BCUT2D eigenvalue weighted by atomic mass is 10.2. The molecular formula is C22H25BrO6. The molecule has 0 bridgehead atoms. The maximum absolute atomic E-state index is 10.5. The van der Waals surface area contributed by atoms with Crippen LogP contribution >= 0.6 is 15.9 Å². The van der Waals surface area contributed by atoms with Gasteiger partial charge in [0, 0.05) is 6.92 Å². The number of aldehydes is 1. The van der Waals surface area contributed by atoms with E-state index in [0.717, 1.165) is 17.4 Å². The van der Waals surface area contributed by atoms with Gasteiger partial charge in [0.1, 0.15) is 19.0 Å². The summed E-state index contributed by atoms with van der Waals surface area (Å²) in [5.74, 6) is -0.127. The van der Waals surface area contributed by atoms with Crippen LogP contribution in [-0.4, -0.2) is 36.3 Å². The van der Waals surface area contributed by atoms with Gasteiger partial charge in [-0.2, -0.15) is 0 Å². The summed E-state index contributed by atoms with van der Waals surface area (Å²) in [6, 6.07) is 19.7. The van der Waals surface area contributed by atoms with E-state index in [9.17, 15) is 14.4 Å². The van der Waals surface area contributed by atoms with Gasteiger partial charge in [-0.05, 0) is 27.1 Å². The van der Waals surface area contributed by atoms with Gasteiger partial charge >= 0.3 is 5.97 Å². The number of esters is 1. The standard InChI is InChI=1S/C11H12O3.C9H10O2.C2H3BrO/c12-11-6-10(14-11)8-13-7-9-4-2-1-3-5-9;10-6-7-11-8-9-4-2-1-3-5-9;1-2(3)4/h1-5,10H,6-8H2;1-6H,7-8H2;1H3. The van der Waals surface area contributed by atoms with E-state index in [4.69, 9.17) is 14.2 Å². The van der Waals surface area contributed by atoms with Crippen LogP contribution in [0.25, 0.3) is 0 Å². The first-order valence-corrected chi connectivity index (χ1v) is 9.83. The van der Waals surface area contributed by atoms with Gasteiger partial charge in [-0.25, -0.2) is 0 Å². The van der Waals surface area contributed by atoms with Crippen molar-refractivity contribution in [2.24, 2.45) is 0 Å². The van der Waals surface area contributed by atoms with Crippen molar-refractivity contribution >= 4 is 32.9 Å². The predicted molar refractivity (Wildman–Crippen MR) is 112 cm³/mol. The van der Waals surface area contributed by atoms with E-state index in [-0.39, 0.29) is 23.4 Å². The van der Waals surface area contributed by atoms with Gasteiger partial charge in [0.25, 0.3) is 0 Å². The molecule has 1 unspecified atom stereocenters. The quantitative estimate of drug-likeness (QED) is 0.255. The molecule has 0 saturated carbocycles. The number of rotatable bonds is 8. The van der Waals surface area contributed by atoms with Crippen LogP contribution in [-0.2, 0) is 41.8 Å². The fourth-order valence-electron chi connectivity index (χ4n) is 2.14. The summed E-state index contributed by atoms with van der Waals surface area (Å²) in [6.07, 6.45) is 1.23. The normalized spacial score (nSPS) is 14.1. The van der Waals surface area contributed by atoms with Crippen LogP contribution in [0.3, 0.4) is 0 Å². The molecule has 0 aliphatic carbocycles. The summed E-state index contributed by atoms with van der Waals surface area (Å²) in [7, 11) is 0. The Balaban J connectivity index is 0.000000251. The molecule has 6 nitrogen and oxygen atoms in total. The molecule has 0 spiro atoms. The molecule has 7 heteroatoms. The summed E-state index contributed by atoms with van der Waals surface area (Å²) in [4.78, 5) is 29.7. The second-order valence-electron chi connectivity index (χ2n) is 5.95. The third kappa shape index (κ3) is 13.5. The maximum atomic E-state index is 10.5. The van der Waals surface area contributed by atoms with Gasteiger partial charge in [-0.15, -0.1) is 0 Å². The molecule has 0 radical (unpaired) electrons. The molecule has 1 atom stereocenters. The van der Waals surface area contributed by atoms with Crippen LogP contribution in [0.5, 0.6) is 0 Å². The van der Waals surface area contributed by atoms with E-state index in [0.29, 0.717) is 26.2 Å².